The minimum Gasteiger partial charge on any atom is -0.507 e. The molecule has 0 amide bonds. The number of carboxylic acids is 1. The van der Waals surface area contributed by atoms with Crippen molar-refractivity contribution >= 4 is 23.3 Å². The summed E-state index contributed by atoms with van der Waals surface area (Å²) in [6.07, 6.45) is 11.5. The fraction of sp³-hybridized carbons (Fsp3) is 0.667. The number of aliphatic hydroxyl groups excluding tert-OH is 3. The Kier molecular flexibility index (Phi) is 9.51. The molecule has 0 aromatic heterocycles. The highest BCUT2D eigenvalue weighted by molar-refractivity contribution is 6.52. The summed E-state index contributed by atoms with van der Waals surface area (Å²) < 4.78 is 0. The predicted octanol–water partition coefficient (Wildman–Crippen LogP) is 9.28. The number of aliphatic carboxylic acids is 1. The smallest absolute Gasteiger partial charge is 0.312 e. The highest BCUT2D eigenvalue weighted by atomic mass is 16.4. The maximum absolute atomic E-state index is 12.8. The molecule has 0 radical (unpaired) electrons. The number of carboxylic acid groups (broad SMARTS) is 1. The largest absolute Gasteiger partial charge is 0.507 e. The van der Waals surface area contributed by atoms with Crippen LogP contribution in [0.4, 0.5) is 0 Å². The summed E-state index contributed by atoms with van der Waals surface area (Å²) in [7, 11) is 0. The van der Waals surface area contributed by atoms with Crippen molar-refractivity contribution in [2.24, 2.45) is 50.2 Å². The third kappa shape index (κ3) is 5.53. The number of hydrogen-bond acceptors (Lipinski definition) is 6. The van der Waals surface area contributed by atoms with E-state index in [0.29, 0.717) is 30.2 Å². The second kappa shape index (κ2) is 12.8. The molecule has 52 heavy (non-hydrogen) atoms. The molecule has 7 nitrogen and oxygen atoms in total. The van der Waals surface area contributed by atoms with Crippen LogP contribution >= 0.6 is 0 Å². The van der Waals surface area contributed by atoms with E-state index in [2.05, 4.69) is 54.5 Å². The third-order valence-corrected chi connectivity index (χ3v) is 16.0. The quantitative estimate of drug-likeness (QED) is 0.181. The molecule has 4 saturated carbocycles. The SMILES string of the molecule is CC(C)=CCC1=C(O)c2ccccc2C(=O)C1=O.CC1(C)CCC2(C(=O)O)C(O)CC3(C)C(=CCC4C5(C)CCC(O)C(C)(C)C5CCC43C)C2C1. The van der Waals surface area contributed by atoms with Gasteiger partial charge in [0, 0.05) is 16.7 Å². The van der Waals surface area contributed by atoms with Crippen LogP contribution in [-0.4, -0.2) is 50.2 Å². The van der Waals surface area contributed by atoms with E-state index in [1.165, 1.54) is 5.57 Å². The first-order chi connectivity index (χ1) is 24.1. The van der Waals surface area contributed by atoms with Crippen LogP contribution in [-0.2, 0) is 9.59 Å². The molecule has 9 unspecified atom stereocenters. The molecule has 1 aromatic carbocycles. The van der Waals surface area contributed by atoms with E-state index in [0.717, 1.165) is 50.5 Å². The molecule has 0 spiro atoms. The molecule has 0 aliphatic heterocycles. The van der Waals surface area contributed by atoms with E-state index in [-0.39, 0.29) is 62.4 Å². The van der Waals surface area contributed by atoms with Gasteiger partial charge in [0.2, 0.25) is 11.6 Å². The first-order valence-corrected chi connectivity index (χ1v) is 19.6. The molecule has 0 heterocycles. The number of carbonyl (C=O) groups is 3. The summed E-state index contributed by atoms with van der Waals surface area (Å²) in [6.45, 7) is 20.2. The summed E-state index contributed by atoms with van der Waals surface area (Å²) in [4.78, 5) is 36.6. The van der Waals surface area contributed by atoms with Crippen LogP contribution in [0.25, 0.3) is 5.76 Å². The van der Waals surface area contributed by atoms with E-state index in [9.17, 15) is 34.8 Å². The minimum atomic E-state index is -1.04. The molecule has 4 N–H and O–H groups in total. The van der Waals surface area contributed by atoms with Gasteiger partial charge in [-0.1, -0.05) is 96.0 Å². The van der Waals surface area contributed by atoms with E-state index < -0.39 is 29.1 Å². The predicted molar refractivity (Wildman–Crippen MR) is 203 cm³/mol. The van der Waals surface area contributed by atoms with Gasteiger partial charge in [-0.25, -0.2) is 0 Å². The first kappa shape index (κ1) is 38.7. The molecule has 4 fully saturated rings. The van der Waals surface area contributed by atoms with Gasteiger partial charge in [-0.3, -0.25) is 14.4 Å². The lowest BCUT2D eigenvalue weighted by atomic mass is 9.33. The Bertz CT molecular complexity index is 1760. The second-order valence-electron chi connectivity index (χ2n) is 19.7. The monoisotopic (exact) mass is 714 g/mol. The molecule has 7 rings (SSSR count). The van der Waals surface area contributed by atoms with Crippen LogP contribution in [0.5, 0.6) is 0 Å². The molecule has 6 aliphatic carbocycles. The average molecular weight is 715 g/mol. The third-order valence-electron chi connectivity index (χ3n) is 16.0. The maximum Gasteiger partial charge on any atom is 0.312 e. The van der Waals surface area contributed by atoms with Crippen molar-refractivity contribution in [3.8, 4) is 0 Å². The zero-order valence-electron chi connectivity index (χ0n) is 32.9. The number of fused-ring (bicyclic) bond motifs is 8. The summed E-state index contributed by atoms with van der Waals surface area (Å²) >= 11 is 0. The van der Waals surface area contributed by atoms with Crippen molar-refractivity contribution in [2.75, 3.05) is 0 Å². The van der Waals surface area contributed by atoms with Crippen LogP contribution in [0.3, 0.4) is 0 Å². The Morgan fingerprint density at radius 3 is 2.12 bits per heavy atom. The zero-order chi connectivity index (χ0) is 38.4. The van der Waals surface area contributed by atoms with Crippen LogP contribution in [0.15, 0.2) is 53.1 Å². The van der Waals surface area contributed by atoms with Crippen LogP contribution in [0.2, 0.25) is 0 Å². The molecule has 9 atom stereocenters. The Labute approximate surface area is 310 Å². The average Bonchev–Trinajstić information content (AvgIpc) is 3.06. The topological polar surface area (TPSA) is 132 Å². The second-order valence-corrected chi connectivity index (χ2v) is 19.7. The number of benzene rings is 1. The summed E-state index contributed by atoms with van der Waals surface area (Å²) in [6, 6.07) is 6.62. The number of hydrogen-bond donors (Lipinski definition) is 4. The Balaban J connectivity index is 0.000000217. The van der Waals surface area contributed by atoms with Crippen molar-refractivity contribution in [2.45, 2.75) is 139 Å². The molecule has 0 bridgehead atoms. The number of Topliss-reactive ketones (excluding diaryl/α,β-unsaturated/α-hetero) is 2. The Morgan fingerprint density at radius 2 is 1.48 bits per heavy atom. The van der Waals surface area contributed by atoms with Gasteiger partial charge in [0.15, 0.2) is 0 Å². The number of ketones is 2. The van der Waals surface area contributed by atoms with Crippen LogP contribution < -0.4 is 0 Å². The van der Waals surface area contributed by atoms with Crippen molar-refractivity contribution in [3.63, 3.8) is 0 Å². The number of rotatable bonds is 3. The van der Waals surface area contributed by atoms with Crippen molar-refractivity contribution in [1.82, 2.24) is 0 Å². The molecular weight excluding hydrogens is 652 g/mol. The molecule has 0 saturated heterocycles. The van der Waals surface area contributed by atoms with E-state index in [1.807, 2.05) is 19.9 Å². The lowest BCUT2D eigenvalue weighted by Crippen LogP contribution is -2.67. The standard InChI is InChI=1S/C30H48O4.C15H14O3/c1-25(2)14-15-30(24(33)34)19(16-25)18-8-9-21-27(5)12-11-22(31)26(3,4)20(27)10-13-28(21,6)29(18,7)17-23(30)32;1-9(2)7-8-12-13(16)10-5-3-4-6-11(10)14(17)15(12)18/h8,19-23,31-32H,9-17H2,1-7H3,(H,33,34);3-7,16H,8H2,1-2H3. The lowest BCUT2D eigenvalue weighted by Gasteiger charge is -2.71. The lowest BCUT2D eigenvalue weighted by molar-refractivity contribution is -0.218. The van der Waals surface area contributed by atoms with Gasteiger partial charge in [0.05, 0.1) is 12.2 Å². The molecule has 7 heteroatoms. The maximum atomic E-state index is 12.8. The molecule has 284 valence electrons. The molecule has 1 aromatic rings. The van der Waals surface area contributed by atoms with Crippen molar-refractivity contribution in [1.29, 1.82) is 0 Å². The van der Waals surface area contributed by atoms with Crippen LogP contribution in [0.1, 0.15) is 142 Å². The molecular formula is C45H62O7. The van der Waals surface area contributed by atoms with E-state index >= 15 is 0 Å². The van der Waals surface area contributed by atoms with Gasteiger partial charge in [-0.2, -0.15) is 0 Å². The number of carbonyl (C=O) groups excluding carboxylic acids is 2. The van der Waals surface area contributed by atoms with Gasteiger partial charge in [0.25, 0.3) is 0 Å². The summed E-state index contributed by atoms with van der Waals surface area (Å²) in [5.74, 6) is -1.14. The fourth-order valence-corrected chi connectivity index (χ4v) is 12.6. The summed E-state index contributed by atoms with van der Waals surface area (Å²) in [5, 5.41) is 43.2. The van der Waals surface area contributed by atoms with Gasteiger partial charge in [-0.05, 0) is 123 Å². The summed E-state index contributed by atoms with van der Waals surface area (Å²) in [5.41, 5.74) is 2.23. The van der Waals surface area contributed by atoms with Crippen molar-refractivity contribution < 1.29 is 34.8 Å². The number of allylic oxidation sites excluding steroid dienone is 5. The number of aliphatic hydroxyl groups is 3. The van der Waals surface area contributed by atoms with Gasteiger partial charge < -0.3 is 20.4 Å². The Hall–Kier alpha value is -3.03. The highest BCUT2D eigenvalue weighted by Gasteiger charge is 2.71. The van der Waals surface area contributed by atoms with Gasteiger partial charge in [0.1, 0.15) is 11.2 Å². The van der Waals surface area contributed by atoms with E-state index in [1.54, 1.807) is 24.3 Å². The van der Waals surface area contributed by atoms with Crippen LogP contribution in [0, 0.1) is 50.2 Å². The van der Waals surface area contributed by atoms with Gasteiger partial charge in [-0.15, -0.1) is 0 Å². The highest BCUT2D eigenvalue weighted by Crippen LogP contribution is 2.75. The first-order valence-electron chi connectivity index (χ1n) is 19.6. The van der Waals surface area contributed by atoms with E-state index in [4.69, 9.17) is 0 Å². The normalized spacial score (nSPS) is 40.0. The van der Waals surface area contributed by atoms with Crippen molar-refractivity contribution in [3.05, 3.63) is 64.3 Å². The van der Waals surface area contributed by atoms with Gasteiger partial charge >= 0.3 is 5.97 Å². The minimum absolute atomic E-state index is 0.0218. The fourth-order valence-electron chi connectivity index (χ4n) is 12.6. The molecule has 6 aliphatic rings. The Morgan fingerprint density at radius 1 is 0.827 bits per heavy atom. The zero-order valence-corrected chi connectivity index (χ0v) is 32.9.